The molecule has 4 aliphatic rings. The maximum absolute atomic E-state index is 13.4. The van der Waals surface area contributed by atoms with Crippen LogP contribution in [0.25, 0.3) is 0 Å². The minimum absolute atomic E-state index is 0.0260. The van der Waals surface area contributed by atoms with Crippen LogP contribution in [0.4, 0.5) is 29.0 Å². The summed E-state index contributed by atoms with van der Waals surface area (Å²) in [6, 6.07) is 34.9. The fraction of sp³-hybridized carbons (Fsp3) is 0.190. The van der Waals surface area contributed by atoms with Gasteiger partial charge in [0.05, 0.1) is 24.0 Å². The van der Waals surface area contributed by atoms with Crippen molar-refractivity contribution in [2.45, 2.75) is 57.8 Å². The molecule has 442 valence electrons. The normalized spacial score (nSPS) is 16.6. The first-order chi connectivity index (χ1) is 40.9. The summed E-state index contributed by atoms with van der Waals surface area (Å²) < 4.78 is 3.34. The third-order valence-electron chi connectivity index (χ3n) is 13.4. The molecule has 8 aromatic rings. The maximum atomic E-state index is 13.4. The number of primary amides is 1. The Kier molecular flexibility index (Phi) is 19.8. The average Bonchev–Trinajstić information content (AvgIpc) is 1.60. The number of benzene rings is 3. The molecule has 0 spiro atoms. The van der Waals surface area contributed by atoms with Gasteiger partial charge < -0.3 is 43.0 Å². The number of nitrogen functional groups attached to an aromatic ring is 1. The van der Waals surface area contributed by atoms with E-state index < -0.39 is 34.3 Å². The Morgan fingerprint density at radius 1 is 0.593 bits per heavy atom. The van der Waals surface area contributed by atoms with Gasteiger partial charge in [-0.2, -0.15) is 0 Å². The van der Waals surface area contributed by atoms with Crippen LogP contribution in [0.15, 0.2) is 157 Å². The van der Waals surface area contributed by atoms with Gasteiger partial charge in [0.25, 0.3) is 34.4 Å². The van der Waals surface area contributed by atoms with Crippen LogP contribution in [0, 0.1) is 11.8 Å². The second kappa shape index (κ2) is 27.0. The molecule has 5 aromatic heterocycles. The van der Waals surface area contributed by atoms with E-state index in [2.05, 4.69) is 83.4 Å². The van der Waals surface area contributed by atoms with Crippen molar-refractivity contribution in [3.05, 3.63) is 223 Å². The van der Waals surface area contributed by atoms with E-state index in [-0.39, 0.29) is 83.2 Å². The van der Waals surface area contributed by atoms with Gasteiger partial charge in [-0.15, -0.1) is 0 Å². The molecule has 2 fully saturated rings. The van der Waals surface area contributed by atoms with Gasteiger partial charge in [0.15, 0.2) is 5.78 Å². The van der Waals surface area contributed by atoms with E-state index in [1.807, 2.05) is 91.0 Å². The van der Waals surface area contributed by atoms with E-state index in [4.69, 9.17) is 46.3 Å². The Labute approximate surface area is 521 Å². The smallest absolute Gasteiger partial charge is 0.277 e. The molecule has 7 heterocycles. The van der Waals surface area contributed by atoms with Crippen LogP contribution in [-0.4, -0.2) is 69.4 Å². The number of nitrogens with one attached hydrogen (secondary N) is 6. The van der Waals surface area contributed by atoms with Crippen molar-refractivity contribution in [2.75, 3.05) is 21.7 Å². The number of aromatic nitrogens is 7. The first-order valence-corrected chi connectivity index (χ1v) is 28.7. The highest BCUT2D eigenvalue weighted by molar-refractivity contribution is 9.10. The van der Waals surface area contributed by atoms with E-state index in [0.717, 1.165) is 42.4 Å². The maximum Gasteiger partial charge on any atom is 0.277 e. The van der Waals surface area contributed by atoms with Gasteiger partial charge in [-0.05, 0) is 108 Å². The fourth-order valence-corrected chi connectivity index (χ4v) is 10.5. The van der Waals surface area contributed by atoms with Crippen LogP contribution < -0.4 is 54.7 Å². The molecule has 5 amide bonds. The van der Waals surface area contributed by atoms with E-state index in [1.165, 1.54) is 46.1 Å². The van der Waals surface area contributed by atoms with Crippen molar-refractivity contribution in [1.29, 1.82) is 0 Å². The van der Waals surface area contributed by atoms with Crippen LogP contribution in [0.2, 0.25) is 15.1 Å². The van der Waals surface area contributed by atoms with Crippen molar-refractivity contribution in [1.82, 2.24) is 44.7 Å². The highest BCUT2D eigenvalue weighted by Crippen LogP contribution is 2.36. The molecule has 0 bridgehead atoms. The lowest BCUT2D eigenvalue weighted by molar-refractivity contribution is -0.118. The molecule has 0 radical (unpaired) electrons. The van der Waals surface area contributed by atoms with Gasteiger partial charge in [-0.3, -0.25) is 52.3 Å². The highest BCUT2D eigenvalue weighted by Gasteiger charge is 2.44. The molecule has 2 aliphatic heterocycles. The number of ketones is 1. The number of anilines is 5. The predicted molar refractivity (Wildman–Crippen MR) is 332 cm³/mol. The summed E-state index contributed by atoms with van der Waals surface area (Å²) in [6.45, 7) is 5.09. The number of H-pyrrole nitrogens is 1. The van der Waals surface area contributed by atoms with Crippen molar-refractivity contribution in [3.63, 3.8) is 0 Å². The van der Waals surface area contributed by atoms with Crippen molar-refractivity contribution < 1.29 is 28.8 Å². The molecule has 10 N–H and O–H groups in total. The van der Waals surface area contributed by atoms with Gasteiger partial charge >= 0.3 is 0 Å². The number of carbonyl (C=O) groups is 6. The summed E-state index contributed by atoms with van der Waals surface area (Å²) in [7, 11) is 0. The van der Waals surface area contributed by atoms with Crippen LogP contribution >= 0.6 is 66.7 Å². The SMILES string of the molecule is CC(=O)c1ccccc1.CC1(c2ccccc2)NC(=O)c2c(Cl)cc(Br)c(=O)n21.CC1(c2ccccc2)NC(=O)c2c(Cl)cc(Nc3cc(NC(=O)C4CC4)ncn3)c(=O)n21.NC(=O)c1[nH]c(=O)c(Br)cc1Cl.Nc1cc(NC(=O)C2CC2)ncn1. The monoisotopic (exact) mass is 1350 g/mol. The Morgan fingerprint density at radius 3 is 1.50 bits per heavy atom. The zero-order valence-corrected chi connectivity index (χ0v) is 51.0. The second-order valence-electron chi connectivity index (χ2n) is 19.7. The van der Waals surface area contributed by atoms with Crippen molar-refractivity contribution in [2.24, 2.45) is 17.6 Å². The lowest BCUT2D eigenvalue weighted by atomic mass is 10.0. The number of nitrogens with two attached hydrogens (primary N) is 2. The number of rotatable bonds is 10. The van der Waals surface area contributed by atoms with Crippen molar-refractivity contribution in [3.8, 4) is 0 Å². The zero-order valence-electron chi connectivity index (χ0n) is 45.6. The number of Topliss-reactive ketones (excluding diaryl/α,β-unsaturated/α-hetero) is 1. The molecule has 2 atom stereocenters. The number of hydrogen-bond donors (Lipinski definition) is 8. The third-order valence-corrected chi connectivity index (χ3v) is 15.4. The molecule has 28 heteroatoms. The molecule has 2 saturated carbocycles. The summed E-state index contributed by atoms with van der Waals surface area (Å²) >= 11 is 24.3. The Bertz CT molecular complexity index is 4140. The topological polar surface area (TPSA) is 343 Å². The van der Waals surface area contributed by atoms with Gasteiger partial charge in [0, 0.05) is 29.5 Å². The molecule has 23 nitrogen and oxygen atoms in total. The first kappa shape index (κ1) is 63.1. The largest absolute Gasteiger partial charge is 0.384 e. The molecule has 2 aliphatic carbocycles. The number of halogens is 5. The number of hydrogen-bond acceptors (Lipinski definition) is 15. The number of fused-ring (bicyclic) bond motifs is 2. The number of pyridine rings is 3. The van der Waals surface area contributed by atoms with Crippen molar-refractivity contribution >= 4 is 131 Å². The van der Waals surface area contributed by atoms with E-state index in [1.54, 1.807) is 26.8 Å². The Hall–Kier alpha value is -8.88. The minimum Gasteiger partial charge on any atom is -0.384 e. The average molecular weight is 1350 g/mol. The molecule has 86 heavy (non-hydrogen) atoms. The van der Waals surface area contributed by atoms with Crippen LogP contribution in [0.3, 0.4) is 0 Å². The molecule has 2 unspecified atom stereocenters. The van der Waals surface area contributed by atoms with Gasteiger partial charge in [0.2, 0.25) is 11.8 Å². The molecular weight excluding hydrogens is 1300 g/mol. The Balaban J connectivity index is 0.000000152. The number of nitrogens with zero attached hydrogens (tertiary/aromatic N) is 6. The predicted octanol–water partition coefficient (Wildman–Crippen LogP) is 8.76. The van der Waals surface area contributed by atoms with Crippen LogP contribution in [0.1, 0.15) is 99.4 Å². The quantitative estimate of drug-likeness (QED) is 0.0593. The summed E-state index contributed by atoms with van der Waals surface area (Å²) in [5.74, 6) is 0.194. The number of aromatic amines is 1. The first-order valence-electron chi connectivity index (χ1n) is 26.0. The second-order valence-corrected chi connectivity index (χ2v) is 22.7. The zero-order chi connectivity index (χ0) is 62.2. The lowest BCUT2D eigenvalue weighted by Crippen LogP contribution is -2.45. The minimum atomic E-state index is -1.11. The number of amides is 5. The van der Waals surface area contributed by atoms with E-state index in [9.17, 15) is 43.2 Å². The Morgan fingerprint density at radius 2 is 1.03 bits per heavy atom. The fourth-order valence-electron chi connectivity index (χ4n) is 8.66. The summed E-state index contributed by atoms with van der Waals surface area (Å²) in [5, 5.41) is 14.6. The van der Waals surface area contributed by atoms with E-state index >= 15 is 0 Å². The van der Waals surface area contributed by atoms with Gasteiger partial charge in [-0.25, -0.2) is 19.9 Å². The molecular formula is C58H51Br2Cl3N14O9. The number of carbonyl (C=O) groups excluding carboxylic acids is 6. The summed E-state index contributed by atoms with van der Waals surface area (Å²) in [6.07, 6.45) is 6.33. The van der Waals surface area contributed by atoms with Gasteiger partial charge in [-0.1, -0.05) is 126 Å². The standard InChI is InChI=1S/C22H19ClN6O3.C14H10BrClN2O2.C8H10N4O.C8H8O.C6H4BrClN2O2/c1-22(13-5-3-2-4-6-13)28-20(31)18-14(23)9-15(21(32)29(18)22)26-16-10-17(25-11-24-16)27-19(30)12-7-8-12;1-14(8-5-3-2-4-6-8)17-12(19)11-10(16)7-9(15)13(20)18(11)14;9-6-3-7(11-4-10-6)12-8(13)5-1-2-5;1-7(9)8-5-3-2-4-6-8;7-2-1-3(8)4(5(9)11)10-6(2)12/h2-6,9-12H,7-8H2,1H3,(H,28,31)(H2,24,25,26,27,30);2-7H,1H3,(H,17,19);3-5H,1-2H2,(H3,9,10,11,12,13);2-6H,1H3;1H,(H2,9,11)(H,10,12). The third kappa shape index (κ3) is 14.8. The summed E-state index contributed by atoms with van der Waals surface area (Å²) in [5.41, 5.74) is 9.76. The van der Waals surface area contributed by atoms with Gasteiger partial charge in [0.1, 0.15) is 70.0 Å². The summed E-state index contributed by atoms with van der Waals surface area (Å²) in [4.78, 5) is 124. The molecule has 12 rings (SSSR count). The van der Waals surface area contributed by atoms with Crippen LogP contribution in [0.5, 0.6) is 0 Å². The van der Waals surface area contributed by atoms with Crippen LogP contribution in [-0.2, 0) is 20.9 Å². The highest BCUT2D eigenvalue weighted by atomic mass is 79.9. The molecule has 0 saturated heterocycles. The van der Waals surface area contributed by atoms with E-state index in [0.29, 0.717) is 27.7 Å². The molecule has 3 aromatic carbocycles. The lowest BCUT2D eigenvalue weighted by Gasteiger charge is -2.28.